The average molecular weight is 327 g/mol. The molecule has 1 aromatic heterocycles. The summed E-state index contributed by atoms with van der Waals surface area (Å²) in [5.41, 5.74) is 1.56. The van der Waals surface area contributed by atoms with Crippen molar-refractivity contribution in [3.63, 3.8) is 0 Å². The minimum Gasteiger partial charge on any atom is -0.355 e. The number of nitrogens with zero attached hydrogens (tertiary/aromatic N) is 1. The number of rotatable bonds is 6. The number of thioether (sulfide) groups is 1. The molecule has 0 saturated carbocycles. The van der Waals surface area contributed by atoms with Gasteiger partial charge in [-0.25, -0.2) is 4.98 Å². The van der Waals surface area contributed by atoms with Crippen molar-refractivity contribution in [2.75, 3.05) is 12.3 Å². The Hall–Kier alpha value is -2.34. The lowest BCUT2D eigenvalue weighted by molar-refractivity contribution is -0.121. The number of fused-ring (bicyclic) bond motifs is 1. The molecule has 1 aromatic carbocycles. The van der Waals surface area contributed by atoms with E-state index in [1.807, 2.05) is 36.4 Å². The normalized spacial score (nSPS) is 15.8. The monoisotopic (exact) mass is 327 g/mol. The molecule has 5 nitrogen and oxygen atoms in total. The van der Waals surface area contributed by atoms with Gasteiger partial charge in [0.2, 0.25) is 5.91 Å². The van der Waals surface area contributed by atoms with Gasteiger partial charge in [-0.15, -0.1) is 11.8 Å². The highest BCUT2D eigenvalue weighted by Gasteiger charge is 2.29. The summed E-state index contributed by atoms with van der Waals surface area (Å²) in [7, 11) is 0. The van der Waals surface area contributed by atoms with E-state index in [1.54, 1.807) is 24.0 Å². The molecule has 118 valence electrons. The van der Waals surface area contributed by atoms with Crippen molar-refractivity contribution in [3.8, 4) is 0 Å². The van der Waals surface area contributed by atoms with Crippen LogP contribution in [-0.2, 0) is 4.79 Å². The fourth-order valence-electron chi connectivity index (χ4n) is 2.52. The quantitative estimate of drug-likeness (QED) is 0.630. The minimum absolute atomic E-state index is 0.0615. The second kappa shape index (κ2) is 7.28. The van der Waals surface area contributed by atoms with Crippen LogP contribution < -0.4 is 10.6 Å². The summed E-state index contributed by atoms with van der Waals surface area (Å²) in [5, 5.41) is 6.68. The summed E-state index contributed by atoms with van der Waals surface area (Å²) < 4.78 is 0. The summed E-state index contributed by atoms with van der Waals surface area (Å²) in [6.45, 7) is 0.572. The Morgan fingerprint density at radius 3 is 2.87 bits per heavy atom. The SMILES string of the molecule is O=C(CC1NC(=O)c2ccccc21)NCCSc1ccccn1. The van der Waals surface area contributed by atoms with Gasteiger partial charge in [0.15, 0.2) is 0 Å². The van der Waals surface area contributed by atoms with E-state index in [0.29, 0.717) is 12.1 Å². The zero-order valence-electron chi connectivity index (χ0n) is 12.5. The molecule has 1 unspecified atom stereocenters. The average Bonchev–Trinajstić information content (AvgIpc) is 2.89. The molecule has 0 fully saturated rings. The topological polar surface area (TPSA) is 71.1 Å². The van der Waals surface area contributed by atoms with Crippen molar-refractivity contribution in [1.82, 2.24) is 15.6 Å². The predicted octanol–water partition coefficient (Wildman–Crippen LogP) is 2.16. The van der Waals surface area contributed by atoms with Crippen LogP contribution in [0.3, 0.4) is 0 Å². The van der Waals surface area contributed by atoms with Crippen LogP contribution in [0, 0.1) is 0 Å². The Morgan fingerprint density at radius 2 is 2.04 bits per heavy atom. The Kier molecular flexibility index (Phi) is 4.92. The first-order valence-corrected chi connectivity index (χ1v) is 8.43. The molecule has 1 aliphatic rings. The van der Waals surface area contributed by atoms with Crippen LogP contribution in [0.25, 0.3) is 0 Å². The summed E-state index contributed by atoms with van der Waals surface area (Å²) in [4.78, 5) is 28.1. The van der Waals surface area contributed by atoms with Crippen molar-refractivity contribution in [3.05, 3.63) is 59.8 Å². The molecule has 6 heteroatoms. The fourth-order valence-corrected chi connectivity index (χ4v) is 3.24. The van der Waals surface area contributed by atoms with E-state index < -0.39 is 0 Å². The fraction of sp³-hybridized carbons (Fsp3) is 0.235. The number of hydrogen-bond acceptors (Lipinski definition) is 4. The zero-order valence-corrected chi connectivity index (χ0v) is 13.3. The summed E-state index contributed by atoms with van der Waals surface area (Å²) in [6, 6.07) is 12.9. The van der Waals surface area contributed by atoms with Crippen molar-refractivity contribution >= 4 is 23.6 Å². The molecule has 1 atom stereocenters. The van der Waals surface area contributed by atoms with Crippen LogP contribution in [-0.4, -0.2) is 29.1 Å². The molecule has 0 spiro atoms. The van der Waals surface area contributed by atoms with Crippen LogP contribution in [0.5, 0.6) is 0 Å². The third-order valence-corrected chi connectivity index (χ3v) is 4.53. The maximum absolute atomic E-state index is 12.0. The Labute approximate surface area is 138 Å². The number of carbonyl (C=O) groups excluding carboxylic acids is 2. The Morgan fingerprint density at radius 1 is 1.22 bits per heavy atom. The van der Waals surface area contributed by atoms with Gasteiger partial charge in [-0.1, -0.05) is 24.3 Å². The van der Waals surface area contributed by atoms with E-state index in [4.69, 9.17) is 0 Å². The summed E-state index contributed by atoms with van der Waals surface area (Å²) in [6.07, 6.45) is 2.01. The van der Waals surface area contributed by atoms with Gasteiger partial charge in [0.25, 0.3) is 5.91 Å². The molecule has 1 aliphatic heterocycles. The maximum Gasteiger partial charge on any atom is 0.252 e. The second-order valence-corrected chi connectivity index (χ2v) is 6.30. The van der Waals surface area contributed by atoms with Crippen LogP contribution in [0.4, 0.5) is 0 Å². The maximum atomic E-state index is 12.0. The molecule has 2 aromatic rings. The first-order valence-electron chi connectivity index (χ1n) is 7.44. The number of amides is 2. The Bertz CT molecular complexity index is 706. The van der Waals surface area contributed by atoms with E-state index in [9.17, 15) is 9.59 Å². The van der Waals surface area contributed by atoms with Crippen LogP contribution in [0.1, 0.15) is 28.4 Å². The van der Waals surface area contributed by atoms with E-state index in [-0.39, 0.29) is 24.3 Å². The largest absolute Gasteiger partial charge is 0.355 e. The number of carbonyl (C=O) groups is 2. The highest BCUT2D eigenvalue weighted by Crippen LogP contribution is 2.27. The predicted molar refractivity (Wildman–Crippen MR) is 89.2 cm³/mol. The number of aromatic nitrogens is 1. The highest BCUT2D eigenvalue weighted by atomic mass is 32.2. The molecule has 2 N–H and O–H groups in total. The molecular weight excluding hydrogens is 310 g/mol. The lowest BCUT2D eigenvalue weighted by Gasteiger charge is -2.11. The molecule has 0 bridgehead atoms. The number of hydrogen-bond donors (Lipinski definition) is 2. The van der Waals surface area contributed by atoms with E-state index in [1.165, 1.54) is 0 Å². The molecule has 23 heavy (non-hydrogen) atoms. The molecule has 2 amide bonds. The van der Waals surface area contributed by atoms with Gasteiger partial charge >= 0.3 is 0 Å². The smallest absolute Gasteiger partial charge is 0.252 e. The standard InChI is InChI=1S/C17H17N3O2S/c21-15(18-9-10-23-16-7-3-4-8-19-16)11-14-12-5-1-2-6-13(12)17(22)20-14/h1-8,14H,9-11H2,(H,18,21)(H,20,22). The van der Waals surface area contributed by atoms with Crippen LogP contribution in [0.15, 0.2) is 53.7 Å². The third-order valence-electron chi connectivity index (χ3n) is 3.59. The number of benzene rings is 1. The molecule has 0 saturated heterocycles. The van der Waals surface area contributed by atoms with Gasteiger partial charge in [-0.05, 0) is 23.8 Å². The van der Waals surface area contributed by atoms with Crippen molar-refractivity contribution in [1.29, 1.82) is 0 Å². The zero-order chi connectivity index (χ0) is 16.1. The lowest BCUT2D eigenvalue weighted by atomic mass is 10.0. The van der Waals surface area contributed by atoms with Crippen molar-refractivity contribution in [2.45, 2.75) is 17.5 Å². The minimum atomic E-state index is -0.234. The molecular formula is C17H17N3O2S. The third kappa shape index (κ3) is 3.90. The molecule has 0 aliphatic carbocycles. The highest BCUT2D eigenvalue weighted by molar-refractivity contribution is 7.99. The van der Waals surface area contributed by atoms with E-state index in [0.717, 1.165) is 16.3 Å². The lowest BCUT2D eigenvalue weighted by Crippen LogP contribution is -2.30. The van der Waals surface area contributed by atoms with Gasteiger partial charge < -0.3 is 10.6 Å². The van der Waals surface area contributed by atoms with Gasteiger partial charge in [-0.3, -0.25) is 9.59 Å². The van der Waals surface area contributed by atoms with Crippen LogP contribution >= 0.6 is 11.8 Å². The Balaban J connectivity index is 1.44. The second-order valence-electron chi connectivity index (χ2n) is 5.18. The number of nitrogens with one attached hydrogen (secondary N) is 2. The van der Waals surface area contributed by atoms with E-state index >= 15 is 0 Å². The molecule has 0 radical (unpaired) electrons. The molecule has 3 rings (SSSR count). The van der Waals surface area contributed by atoms with Gasteiger partial charge in [0, 0.05) is 24.1 Å². The van der Waals surface area contributed by atoms with E-state index in [2.05, 4.69) is 15.6 Å². The first kappa shape index (κ1) is 15.6. The van der Waals surface area contributed by atoms with Crippen LogP contribution in [0.2, 0.25) is 0 Å². The van der Waals surface area contributed by atoms with Crippen molar-refractivity contribution in [2.24, 2.45) is 0 Å². The summed E-state index contributed by atoms with van der Waals surface area (Å²) >= 11 is 1.60. The number of pyridine rings is 1. The van der Waals surface area contributed by atoms with Crippen molar-refractivity contribution < 1.29 is 9.59 Å². The van der Waals surface area contributed by atoms with Gasteiger partial charge in [0.1, 0.15) is 0 Å². The van der Waals surface area contributed by atoms with Gasteiger partial charge in [-0.2, -0.15) is 0 Å². The summed E-state index contributed by atoms with van der Waals surface area (Å²) in [5.74, 6) is 0.592. The first-order chi connectivity index (χ1) is 11.2. The van der Waals surface area contributed by atoms with Gasteiger partial charge in [0.05, 0.1) is 17.5 Å². The molecule has 2 heterocycles.